The maximum Gasteiger partial charge on any atom is 0.319 e. The number of nitrogens with one attached hydrogen (secondary N) is 3. The summed E-state index contributed by atoms with van der Waals surface area (Å²) in [6.07, 6.45) is 0. The van der Waals surface area contributed by atoms with Gasteiger partial charge in [0.15, 0.2) is 0 Å². The van der Waals surface area contributed by atoms with E-state index in [9.17, 15) is 19.7 Å². The Balaban J connectivity index is 2.13. The highest BCUT2D eigenvalue weighted by Gasteiger charge is 2.15. The molecule has 9 heteroatoms. The zero-order valence-electron chi connectivity index (χ0n) is 13.2. The number of halogens is 1. The van der Waals surface area contributed by atoms with Crippen molar-refractivity contribution in [3.63, 3.8) is 0 Å². The highest BCUT2D eigenvalue weighted by Crippen LogP contribution is 2.24. The van der Waals surface area contributed by atoms with Gasteiger partial charge in [-0.05, 0) is 31.2 Å². The first kappa shape index (κ1) is 18.2. The summed E-state index contributed by atoms with van der Waals surface area (Å²) >= 11 is 5.94. The molecular weight excluding hydrogens is 348 g/mol. The van der Waals surface area contributed by atoms with E-state index in [1.807, 2.05) is 0 Å². The number of carbonyl (C=O) groups excluding carboxylic acids is 2. The molecule has 0 aliphatic carbocycles. The molecule has 0 atom stereocenters. The number of nitro benzene ring substituents is 1. The molecule has 0 heterocycles. The van der Waals surface area contributed by atoms with Crippen molar-refractivity contribution in [2.75, 3.05) is 17.2 Å². The fraction of sp³-hybridized carbons (Fsp3) is 0.125. The largest absolute Gasteiger partial charge is 0.338 e. The van der Waals surface area contributed by atoms with E-state index in [0.717, 1.165) is 6.07 Å². The molecule has 25 heavy (non-hydrogen) atoms. The predicted octanol–water partition coefficient (Wildman–Crippen LogP) is 3.64. The summed E-state index contributed by atoms with van der Waals surface area (Å²) in [5.74, 6) is -0.518. The van der Waals surface area contributed by atoms with Crippen LogP contribution in [-0.4, -0.2) is 23.4 Å². The molecular formula is C16H15ClN4O4. The van der Waals surface area contributed by atoms with Crippen LogP contribution in [0.3, 0.4) is 0 Å². The lowest BCUT2D eigenvalue weighted by atomic mass is 10.2. The minimum absolute atomic E-state index is 0.0247. The van der Waals surface area contributed by atoms with Crippen molar-refractivity contribution < 1.29 is 14.5 Å². The average Bonchev–Trinajstić information content (AvgIpc) is 2.55. The van der Waals surface area contributed by atoms with Crippen LogP contribution < -0.4 is 16.0 Å². The van der Waals surface area contributed by atoms with E-state index >= 15 is 0 Å². The van der Waals surface area contributed by atoms with Gasteiger partial charge < -0.3 is 16.0 Å². The van der Waals surface area contributed by atoms with E-state index in [0.29, 0.717) is 17.9 Å². The molecule has 0 spiro atoms. The zero-order chi connectivity index (χ0) is 18.4. The number of non-ortho nitro benzene ring substituents is 1. The second kappa shape index (κ2) is 8.11. The van der Waals surface area contributed by atoms with Crippen LogP contribution >= 0.6 is 11.6 Å². The van der Waals surface area contributed by atoms with Crippen molar-refractivity contribution in [1.29, 1.82) is 0 Å². The van der Waals surface area contributed by atoms with Gasteiger partial charge >= 0.3 is 6.03 Å². The molecule has 2 aromatic carbocycles. The Bertz CT molecular complexity index is 826. The molecule has 8 nitrogen and oxygen atoms in total. The molecule has 0 aliphatic heterocycles. The maximum absolute atomic E-state index is 12.3. The summed E-state index contributed by atoms with van der Waals surface area (Å²) in [6.45, 7) is 2.28. The Kier molecular flexibility index (Phi) is 5.91. The Morgan fingerprint density at radius 3 is 2.40 bits per heavy atom. The molecule has 2 rings (SSSR count). The molecule has 0 unspecified atom stereocenters. The Morgan fingerprint density at radius 1 is 1.12 bits per heavy atom. The second-order valence-corrected chi connectivity index (χ2v) is 5.35. The first-order valence-corrected chi connectivity index (χ1v) is 7.68. The number of nitrogens with zero attached hydrogens (tertiary/aromatic N) is 1. The van der Waals surface area contributed by atoms with Crippen molar-refractivity contribution in [2.45, 2.75) is 6.92 Å². The summed E-state index contributed by atoms with van der Waals surface area (Å²) in [6, 6.07) is 9.79. The molecule has 0 fully saturated rings. The van der Waals surface area contributed by atoms with Crippen LogP contribution in [0.2, 0.25) is 5.02 Å². The summed E-state index contributed by atoms with van der Waals surface area (Å²) in [5.41, 5.74) is 0.844. The fourth-order valence-electron chi connectivity index (χ4n) is 2.01. The number of rotatable bonds is 5. The standard InChI is InChI=1S/C16H15ClN4O4/c1-2-18-16(23)20-11-5-3-4-10(8-11)19-15(22)13-7-6-12(21(24)25)9-14(13)17/h3-9H,2H2,1H3,(H,19,22)(H2,18,20,23). The van der Waals surface area contributed by atoms with Gasteiger partial charge in [-0.2, -0.15) is 0 Å². The third-order valence-electron chi connectivity index (χ3n) is 3.12. The fourth-order valence-corrected chi connectivity index (χ4v) is 2.27. The Morgan fingerprint density at radius 2 is 1.80 bits per heavy atom. The van der Waals surface area contributed by atoms with Gasteiger partial charge in [-0.1, -0.05) is 17.7 Å². The van der Waals surface area contributed by atoms with Gasteiger partial charge in [0.25, 0.3) is 11.6 Å². The molecule has 2 aromatic rings. The van der Waals surface area contributed by atoms with E-state index in [-0.39, 0.29) is 22.3 Å². The predicted molar refractivity (Wildman–Crippen MR) is 95.2 cm³/mol. The van der Waals surface area contributed by atoms with E-state index in [1.165, 1.54) is 12.1 Å². The van der Waals surface area contributed by atoms with Crippen LogP contribution in [0.4, 0.5) is 21.9 Å². The van der Waals surface area contributed by atoms with Crippen LogP contribution in [0, 0.1) is 10.1 Å². The van der Waals surface area contributed by atoms with Crippen LogP contribution in [-0.2, 0) is 0 Å². The van der Waals surface area contributed by atoms with Crippen molar-refractivity contribution >= 4 is 40.6 Å². The quantitative estimate of drug-likeness (QED) is 0.556. The normalized spacial score (nSPS) is 10.0. The first-order chi connectivity index (χ1) is 11.9. The lowest BCUT2D eigenvalue weighted by Crippen LogP contribution is -2.28. The van der Waals surface area contributed by atoms with Crippen molar-refractivity contribution in [1.82, 2.24) is 5.32 Å². The van der Waals surface area contributed by atoms with Crippen molar-refractivity contribution in [2.24, 2.45) is 0 Å². The lowest BCUT2D eigenvalue weighted by molar-refractivity contribution is -0.384. The minimum atomic E-state index is -0.593. The summed E-state index contributed by atoms with van der Waals surface area (Å²) in [5, 5.41) is 18.5. The van der Waals surface area contributed by atoms with Crippen LogP contribution in [0.5, 0.6) is 0 Å². The Labute approximate surface area is 148 Å². The smallest absolute Gasteiger partial charge is 0.319 e. The number of urea groups is 1. The highest BCUT2D eigenvalue weighted by atomic mass is 35.5. The number of hydrogen-bond acceptors (Lipinski definition) is 4. The van der Waals surface area contributed by atoms with Crippen LogP contribution in [0.15, 0.2) is 42.5 Å². The van der Waals surface area contributed by atoms with Crippen molar-refractivity contribution in [3.05, 3.63) is 63.2 Å². The Hall–Kier alpha value is -3.13. The second-order valence-electron chi connectivity index (χ2n) is 4.94. The van der Waals surface area contributed by atoms with E-state index < -0.39 is 10.8 Å². The van der Waals surface area contributed by atoms with Gasteiger partial charge in [-0.3, -0.25) is 14.9 Å². The third-order valence-corrected chi connectivity index (χ3v) is 3.44. The van der Waals surface area contributed by atoms with Crippen molar-refractivity contribution in [3.8, 4) is 0 Å². The first-order valence-electron chi connectivity index (χ1n) is 7.31. The average molecular weight is 363 g/mol. The number of nitro groups is 1. The molecule has 0 bridgehead atoms. The third kappa shape index (κ3) is 4.92. The summed E-state index contributed by atoms with van der Waals surface area (Å²) in [4.78, 5) is 33.9. The number of benzene rings is 2. The minimum Gasteiger partial charge on any atom is -0.338 e. The van der Waals surface area contributed by atoms with Crippen LogP contribution in [0.1, 0.15) is 17.3 Å². The number of anilines is 2. The molecule has 0 aromatic heterocycles. The van der Waals surface area contributed by atoms with E-state index in [4.69, 9.17) is 11.6 Å². The van der Waals surface area contributed by atoms with E-state index in [2.05, 4.69) is 16.0 Å². The van der Waals surface area contributed by atoms with Gasteiger partial charge in [-0.15, -0.1) is 0 Å². The lowest BCUT2D eigenvalue weighted by Gasteiger charge is -2.10. The summed E-state index contributed by atoms with van der Waals surface area (Å²) < 4.78 is 0. The SMILES string of the molecule is CCNC(=O)Nc1cccc(NC(=O)c2ccc([N+](=O)[O-])cc2Cl)c1. The molecule has 0 saturated carbocycles. The molecule has 130 valence electrons. The van der Waals surface area contributed by atoms with Gasteiger partial charge in [-0.25, -0.2) is 4.79 Å². The highest BCUT2D eigenvalue weighted by molar-refractivity contribution is 6.34. The molecule has 3 amide bonds. The van der Waals surface area contributed by atoms with Gasteiger partial charge in [0.2, 0.25) is 0 Å². The van der Waals surface area contributed by atoms with Gasteiger partial charge in [0.1, 0.15) is 0 Å². The van der Waals surface area contributed by atoms with E-state index in [1.54, 1.807) is 31.2 Å². The molecule has 0 aliphatic rings. The number of amides is 3. The topological polar surface area (TPSA) is 113 Å². The molecule has 3 N–H and O–H groups in total. The molecule has 0 saturated heterocycles. The van der Waals surface area contributed by atoms with Gasteiger partial charge in [0, 0.05) is 30.1 Å². The summed E-state index contributed by atoms with van der Waals surface area (Å²) in [7, 11) is 0. The zero-order valence-corrected chi connectivity index (χ0v) is 14.0. The number of hydrogen-bond donors (Lipinski definition) is 3. The maximum atomic E-state index is 12.3. The van der Waals surface area contributed by atoms with Gasteiger partial charge in [0.05, 0.1) is 15.5 Å². The number of carbonyl (C=O) groups is 2. The van der Waals surface area contributed by atoms with Crippen LogP contribution in [0.25, 0.3) is 0 Å². The molecule has 0 radical (unpaired) electrons. The monoisotopic (exact) mass is 362 g/mol.